The van der Waals surface area contributed by atoms with Crippen molar-refractivity contribution >= 4 is 25.4 Å². The van der Waals surface area contributed by atoms with E-state index in [1.807, 2.05) is 0 Å². The molecule has 7 nitrogen and oxygen atoms in total. The third-order valence-electron chi connectivity index (χ3n) is 1.76. The fourth-order valence-electron chi connectivity index (χ4n) is 1.09. The zero-order valence-electron chi connectivity index (χ0n) is 8.17. The average Bonchev–Trinajstić information content (AvgIpc) is 2.25. The Morgan fingerprint density at radius 2 is 2.11 bits per heavy atom. The predicted molar refractivity (Wildman–Crippen MR) is 53.6 cm³/mol. The van der Waals surface area contributed by atoms with E-state index in [0.717, 1.165) is 0 Å². The van der Waals surface area contributed by atoms with Crippen molar-refractivity contribution in [2.75, 3.05) is 0 Å². The van der Waals surface area contributed by atoms with Gasteiger partial charge in [-0.05, 0) is 0 Å². The summed E-state index contributed by atoms with van der Waals surface area (Å²) in [5.74, 6) is 0. The molecule has 1 rings (SSSR count). The lowest BCUT2D eigenvalue weighted by molar-refractivity contribution is -0.387. The number of nitro groups is 1. The van der Waals surface area contributed by atoms with Crippen LogP contribution in [0.4, 0.5) is 14.5 Å². The molecule has 0 atom stereocenters. The molecule has 0 saturated carbocycles. The minimum absolute atomic E-state index is 0.465. The second kappa shape index (κ2) is 4.79. The third-order valence-corrected chi connectivity index (χ3v) is 2.94. The van der Waals surface area contributed by atoms with Gasteiger partial charge in [0.05, 0.1) is 4.92 Å². The van der Waals surface area contributed by atoms with E-state index in [2.05, 4.69) is 4.98 Å². The van der Waals surface area contributed by atoms with Gasteiger partial charge in [-0.15, -0.1) is 0 Å². The predicted octanol–water partition coefficient (Wildman–Crippen LogP) is 1.73. The van der Waals surface area contributed by atoms with Crippen LogP contribution < -0.4 is 0 Å². The molecule has 0 aliphatic heterocycles. The van der Waals surface area contributed by atoms with Crippen LogP contribution in [-0.4, -0.2) is 18.3 Å². The molecule has 0 aliphatic carbocycles. The average molecular weight is 298 g/mol. The minimum Gasteiger partial charge on any atom is -0.258 e. The monoisotopic (exact) mass is 297 g/mol. The van der Waals surface area contributed by atoms with Crippen molar-refractivity contribution in [1.82, 2.24) is 4.98 Å². The molecule has 1 heterocycles. The topological polar surface area (TPSA) is 114 Å². The zero-order chi connectivity index (χ0) is 14.1. The third kappa shape index (κ3) is 2.69. The van der Waals surface area contributed by atoms with E-state index in [0.29, 0.717) is 6.07 Å². The highest BCUT2D eigenvalue weighted by atomic mass is 35.7. The van der Waals surface area contributed by atoms with Gasteiger partial charge < -0.3 is 0 Å². The number of rotatable bonds is 3. The summed E-state index contributed by atoms with van der Waals surface area (Å²) in [4.78, 5) is 12.2. The van der Waals surface area contributed by atoms with Crippen LogP contribution in [0.1, 0.15) is 17.7 Å². The fraction of sp³-hybridized carbons (Fsp3) is 0.143. The lowest BCUT2D eigenvalue weighted by Crippen LogP contribution is -2.06. The van der Waals surface area contributed by atoms with E-state index in [1.54, 1.807) is 0 Å². The molecule has 0 bridgehead atoms. The van der Waals surface area contributed by atoms with Crippen molar-refractivity contribution in [2.45, 2.75) is 11.5 Å². The molecule has 0 fully saturated rings. The van der Waals surface area contributed by atoms with Crippen LogP contribution in [0.5, 0.6) is 0 Å². The van der Waals surface area contributed by atoms with Crippen LogP contribution in [0.25, 0.3) is 0 Å². The SMILES string of the molecule is N#Cc1cc(S(=O)(=O)Cl)nc(C(F)F)c1[N+](=O)[O-]. The first-order valence-corrected chi connectivity index (χ1v) is 6.31. The summed E-state index contributed by atoms with van der Waals surface area (Å²) < 4.78 is 47.0. The Labute approximate surface area is 103 Å². The lowest BCUT2D eigenvalue weighted by Gasteiger charge is -2.04. The van der Waals surface area contributed by atoms with Crippen LogP contribution in [0.3, 0.4) is 0 Å². The molecule has 0 spiro atoms. The first-order chi connectivity index (χ1) is 8.18. The van der Waals surface area contributed by atoms with Gasteiger partial charge in [-0.1, -0.05) is 0 Å². The van der Waals surface area contributed by atoms with Crippen molar-refractivity contribution < 1.29 is 22.1 Å². The Balaban J connectivity index is 3.77. The van der Waals surface area contributed by atoms with E-state index in [-0.39, 0.29) is 0 Å². The smallest absolute Gasteiger partial charge is 0.258 e. The summed E-state index contributed by atoms with van der Waals surface area (Å²) in [6.45, 7) is 0. The molecule has 0 amide bonds. The lowest BCUT2D eigenvalue weighted by atomic mass is 10.2. The summed E-state index contributed by atoms with van der Waals surface area (Å²) in [7, 11) is 0.402. The molecule has 0 radical (unpaired) electrons. The molecule has 1 aromatic heterocycles. The number of halogens is 3. The van der Waals surface area contributed by atoms with Gasteiger partial charge in [-0.25, -0.2) is 22.2 Å². The first kappa shape index (κ1) is 14.2. The van der Waals surface area contributed by atoms with Crippen molar-refractivity contribution in [1.29, 1.82) is 5.26 Å². The van der Waals surface area contributed by atoms with Gasteiger partial charge in [-0.3, -0.25) is 10.1 Å². The van der Waals surface area contributed by atoms with Gasteiger partial charge in [0, 0.05) is 16.7 Å². The number of nitriles is 1. The Bertz CT molecular complexity index is 655. The summed E-state index contributed by atoms with van der Waals surface area (Å²) in [6.07, 6.45) is -3.42. The second-order valence-corrected chi connectivity index (χ2v) is 5.36. The van der Waals surface area contributed by atoms with Crippen LogP contribution in [0.15, 0.2) is 11.1 Å². The number of hydrogen-bond acceptors (Lipinski definition) is 6. The number of hydrogen-bond donors (Lipinski definition) is 0. The van der Waals surface area contributed by atoms with Gasteiger partial charge in [0.25, 0.3) is 15.5 Å². The summed E-state index contributed by atoms with van der Waals surface area (Å²) in [5, 5.41) is 18.1. The summed E-state index contributed by atoms with van der Waals surface area (Å²) in [6, 6.07) is 1.71. The largest absolute Gasteiger partial charge is 0.314 e. The Kier molecular flexibility index (Phi) is 3.78. The number of aromatic nitrogens is 1. The maximum Gasteiger partial charge on any atom is 0.314 e. The van der Waals surface area contributed by atoms with E-state index < -0.39 is 42.4 Å². The maximum absolute atomic E-state index is 12.6. The summed E-state index contributed by atoms with van der Waals surface area (Å²) in [5.41, 5.74) is -3.51. The Hall–Kier alpha value is -1.86. The van der Waals surface area contributed by atoms with E-state index >= 15 is 0 Å². The van der Waals surface area contributed by atoms with Gasteiger partial charge in [0.1, 0.15) is 11.6 Å². The molecule has 0 saturated heterocycles. The molecule has 0 N–H and O–H groups in total. The standard InChI is InChI=1S/C7H2ClF2N3O4S/c8-18(16,17)4-1-3(2-11)6(13(14)15)5(12-4)7(9)10/h1,7H. The molecule has 0 aliphatic rings. The number of pyridine rings is 1. The molecule has 11 heteroatoms. The van der Waals surface area contributed by atoms with Crippen molar-refractivity contribution in [2.24, 2.45) is 0 Å². The highest BCUT2D eigenvalue weighted by Gasteiger charge is 2.31. The Morgan fingerprint density at radius 3 is 2.44 bits per heavy atom. The molecular weight excluding hydrogens is 296 g/mol. The summed E-state index contributed by atoms with van der Waals surface area (Å²) >= 11 is 0. The number of nitrogens with zero attached hydrogens (tertiary/aromatic N) is 3. The van der Waals surface area contributed by atoms with Crippen LogP contribution in [-0.2, 0) is 9.05 Å². The van der Waals surface area contributed by atoms with Gasteiger partial charge in [-0.2, -0.15) is 5.26 Å². The molecule has 0 unspecified atom stereocenters. The van der Waals surface area contributed by atoms with Crippen molar-refractivity contribution in [3.8, 4) is 6.07 Å². The molecule has 1 aromatic rings. The van der Waals surface area contributed by atoms with Gasteiger partial charge in [0.2, 0.25) is 0 Å². The number of alkyl halides is 2. The van der Waals surface area contributed by atoms with Gasteiger partial charge in [0.15, 0.2) is 10.7 Å². The van der Waals surface area contributed by atoms with Gasteiger partial charge >= 0.3 is 5.69 Å². The Morgan fingerprint density at radius 1 is 1.56 bits per heavy atom. The highest BCUT2D eigenvalue weighted by molar-refractivity contribution is 8.13. The maximum atomic E-state index is 12.6. The first-order valence-electron chi connectivity index (χ1n) is 4.00. The van der Waals surface area contributed by atoms with Crippen molar-refractivity contribution in [3.05, 3.63) is 27.4 Å². The molecular formula is C7H2ClF2N3O4S. The van der Waals surface area contributed by atoms with Crippen molar-refractivity contribution in [3.63, 3.8) is 0 Å². The van der Waals surface area contributed by atoms with Crippen LogP contribution in [0.2, 0.25) is 0 Å². The minimum atomic E-state index is -4.48. The van der Waals surface area contributed by atoms with E-state index in [9.17, 15) is 27.3 Å². The molecule has 96 valence electrons. The fourth-order valence-corrected chi connectivity index (χ4v) is 1.79. The second-order valence-electron chi connectivity index (χ2n) is 2.85. The molecule has 0 aromatic carbocycles. The quantitative estimate of drug-likeness (QED) is 0.477. The normalized spacial score (nSPS) is 11.3. The van der Waals surface area contributed by atoms with Crippen LogP contribution >= 0.6 is 10.7 Å². The van der Waals surface area contributed by atoms with Crippen LogP contribution in [0, 0.1) is 21.4 Å². The van der Waals surface area contributed by atoms with E-state index in [4.69, 9.17) is 15.9 Å². The van der Waals surface area contributed by atoms with E-state index in [1.165, 1.54) is 6.07 Å². The molecule has 18 heavy (non-hydrogen) atoms. The highest BCUT2D eigenvalue weighted by Crippen LogP contribution is 2.32. The zero-order valence-corrected chi connectivity index (χ0v) is 9.74.